The van der Waals surface area contributed by atoms with E-state index in [0.717, 1.165) is 0 Å². The fourth-order valence-electron chi connectivity index (χ4n) is 2.75. The van der Waals surface area contributed by atoms with E-state index < -0.39 is 23.5 Å². The number of primary amides is 1. The average molecular weight is 343 g/mol. The lowest BCUT2D eigenvalue weighted by atomic mass is 10.1. The Balaban J connectivity index is 2.11. The minimum Gasteiger partial charge on any atom is -0.460 e. The maximum Gasteiger partial charge on any atom is 0.306 e. The smallest absolute Gasteiger partial charge is 0.306 e. The Kier molecular flexibility index (Phi) is 5.12. The Morgan fingerprint density at radius 3 is 2.64 bits per heavy atom. The lowest BCUT2D eigenvalue weighted by molar-refractivity contribution is -0.155. The van der Waals surface area contributed by atoms with Crippen molar-refractivity contribution >= 4 is 23.5 Å². The van der Waals surface area contributed by atoms with Gasteiger partial charge in [0.15, 0.2) is 5.69 Å². The highest BCUT2D eigenvalue weighted by Crippen LogP contribution is 2.29. The summed E-state index contributed by atoms with van der Waals surface area (Å²) in [5, 5.41) is 0. The van der Waals surface area contributed by atoms with Crippen molar-refractivity contribution in [2.24, 2.45) is 5.73 Å². The van der Waals surface area contributed by atoms with Gasteiger partial charge in [0.05, 0.1) is 6.57 Å². The number of benzene rings is 1. The molecule has 0 aromatic heterocycles. The SMILES string of the molecule is [C-]#[N+]c1ccc2c(c1)CN(C(CCC(=O)OC(C)(C)C)C(N)=O)C2=O. The summed E-state index contributed by atoms with van der Waals surface area (Å²) >= 11 is 0. The summed E-state index contributed by atoms with van der Waals surface area (Å²) in [7, 11) is 0. The number of rotatable bonds is 5. The minimum atomic E-state index is -0.899. The van der Waals surface area contributed by atoms with Crippen LogP contribution >= 0.6 is 0 Å². The fraction of sp³-hybridized carbons (Fsp3) is 0.444. The Hall–Kier alpha value is -2.88. The summed E-state index contributed by atoms with van der Waals surface area (Å²) in [6, 6.07) is 3.87. The lowest BCUT2D eigenvalue weighted by Crippen LogP contribution is -2.45. The van der Waals surface area contributed by atoms with Gasteiger partial charge in [-0.15, -0.1) is 0 Å². The van der Waals surface area contributed by atoms with Crippen molar-refractivity contribution in [1.82, 2.24) is 4.90 Å². The summed E-state index contributed by atoms with van der Waals surface area (Å²) in [5.41, 5.74) is 6.40. The highest BCUT2D eigenvalue weighted by Gasteiger charge is 2.35. The number of esters is 1. The van der Waals surface area contributed by atoms with Gasteiger partial charge in [0.2, 0.25) is 5.91 Å². The summed E-state index contributed by atoms with van der Waals surface area (Å²) < 4.78 is 5.22. The predicted molar refractivity (Wildman–Crippen MR) is 90.6 cm³/mol. The van der Waals surface area contributed by atoms with E-state index >= 15 is 0 Å². The molecule has 0 spiro atoms. The second kappa shape index (κ2) is 6.93. The van der Waals surface area contributed by atoms with E-state index in [-0.39, 0.29) is 25.3 Å². The molecule has 7 heteroatoms. The standard InChI is InChI=1S/C18H21N3O4/c1-18(2,3)25-15(22)8-7-14(16(19)23)21-10-11-9-12(20-4)5-6-13(11)17(21)24/h5-6,9,14H,7-8,10H2,1-3H3,(H2,19,23). The molecule has 25 heavy (non-hydrogen) atoms. The van der Waals surface area contributed by atoms with Crippen LogP contribution in [-0.4, -0.2) is 34.3 Å². The van der Waals surface area contributed by atoms with Crippen molar-refractivity contribution in [3.05, 3.63) is 40.7 Å². The van der Waals surface area contributed by atoms with Gasteiger partial charge in [-0.05, 0) is 32.8 Å². The zero-order valence-electron chi connectivity index (χ0n) is 14.5. The van der Waals surface area contributed by atoms with Crippen LogP contribution in [0, 0.1) is 6.57 Å². The van der Waals surface area contributed by atoms with Crippen LogP contribution in [0.4, 0.5) is 5.69 Å². The molecule has 132 valence electrons. The molecule has 7 nitrogen and oxygen atoms in total. The maximum atomic E-state index is 12.5. The molecule has 0 fully saturated rings. The number of hydrogen-bond donors (Lipinski definition) is 1. The first kappa shape index (κ1) is 18.5. The van der Waals surface area contributed by atoms with Gasteiger partial charge >= 0.3 is 5.97 Å². The third-order valence-electron chi connectivity index (χ3n) is 3.80. The number of ether oxygens (including phenoxy) is 1. The molecule has 1 aromatic rings. The molecule has 0 bridgehead atoms. The third-order valence-corrected chi connectivity index (χ3v) is 3.80. The van der Waals surface area contributed by atoms with E-state index in [0.29, 0.717) is 16.8 Å². The van der Waals surface area contributed by atoms with E-state index in [1.54, 1.807) is 39.0 Å². The molecule has 2 N–H and O–H groups in total. The topological polar surface area (TPSA) is 94.1 Å². The highest BCUT2D eigenvalue weighted by atomic mass is 16.6. The molecule has 0 radical (unpaired) electrons. The molecular weight excluding hydrogens is 322 g/mol. The van der Waals surface area contributed by atoms with Crippen LogP contribution in [-0.2, 0) is 20.9 Å². The van der Waals surface area contributed by atoms with Crippen LogP contribution < -0.4 is 5.73 Å². The molecule has 1 aliphatic heterocycles. The maximum absolute atomic E-state index is 12.5. The van der Waals surface area contributed by atoms with Gasteiger partial charge < -0.3 is 15.4 Å². The molecule has 0 aliphatic carbocycles. The van der Waals surface area contributed by atoms with E-state index in [1.807, 2.05) is 0 Å². The van der Waals surface area contributed by atoms with Crippen molar-refractivity contribution in [3.63, 3.8) is 0 Å². The second-order valence-corrected chi connectivity index (χ2v) is 6.93. The Labute approximate surface area is 146 Å². The fourth-order valence-corrected chi connectivity index (χ4v) is 2.75. The summed E-state index contributed by atoms with van der Waals surface area (Å²) in [5.74, 6) is -1.44. The van der Waals surface area contributed by atoms with E-state index in [9.17, 15) is 14.4 Å². The molecule has 2 rings (SSSR count). The largest absolute Gasteiger partial charge is 0.460 e. The lowest BCUT2D eigenvalue weighted by Gasteiger charge is -2.25. The zero-order valence-corrected chi connectivity index (χ0v) is 14.5. The molecule has 0 saturated carbocycles. The number of carbonyl (C=O) groups is 3. The molecule has 1 aromatic carbocycles. The monoisotopic (exact) mass is 343 g/mol. The second-order valence-electron chi connectivity index (χ2n) is 6.93. The summed E-state index contributed by atoms with van der Waals surface area (Å²) in [6.07, 6.45) is 0.0813. The first-order valence-electron chi connectivity index (χ1n) is 7.95. The molecule has 1 aliphatic rings. The number of amides is 2. The number of fused-ring (bicyclic) bond motifs is 1. The van der Waals surface area contributed by atoms with Crippen molar-refractivity contribution in [3.8, 4) is 0 Å². The van der Waals surface area contributed by atoms with Gasteiger partial charge in [0.1, 0.15) is 11.6 Å². The minimum absolute atomic E-state index is 0.0156. The van der Waals surface area contributed by atoms with Crippen LogP contribution in [0.5, 0.6) is 0 Å². The molecule has 1 atom stereocenters. The summed E-state index contributed by atoms with van der Waals surface area (Å²) in [4.78, 5) is 40.9. The van der Waals surface area contributed by atoms with E-state index in [2.05, 4.69) is 4.85 Å². The number of hydrogen-bond acceptors (Lipinski definition) is 4. The van der Waals surface area contributed by atoms with Gasteiger partial charge in [0.25, 0.3) is 5.91 Å². The van der Waals surface area contributed by atoms with Crippen molar-refractivity contribution < 1.29 is 19.1 Å². The normalized spacial score (nSPS) is 14.6. The average Bonchev–Trinajstić information content (AvgIpc) is 2.81. The van der Waals surface area contributed by atoms with E-state index in [1.165, 1.54) is 4.90 Å². The number of nitrogens with zero attached hydrogens (tertiary/aromatic N) is 2. The van der Waals surface area contributed by atoms with Crippen LogP contribution in [0.15, 0.2) is 18.2 Å². The van der Waals surface area contributed by atoms with Crippen LogP contribution in [0.1, 0.15) is 49.5 Å². The highest BCUT2D eigenvalue weighted by molar-refractivity contribution is 6.01. The Morgan fingerprint density at radius 2 is 2.08 bits per heavy atom. The van der Waals surface area contributed by atoms with Gasteiger partial charge in [-0.25, -0.2) is 4.85 Å². The van der Waals surface area contributed by atoms with Gasteiger partial charge in [0, 0.05) is 18.5 Å². The predicted octanol–water partition coefficient (Wildman–Crippen LogP) is 2.17. The Morgan fingerprint density at radius 1 is 1.40 bits per heavy atom. The van der Waals surface area contributed by atoms with Gasteiger partial charge in [-0.1, -0.05) is 18.2 Å². The first-order chi connectivity index (χ1) is 11.6. The number of nitrogens with two attached hydrogens (primary N) is 1. The zero-order chi connectivity index (χ0) is 18.8. The molecule has 1 unspecified atom stereocenters. The van der Waals surface area contributed by atoms with Crippen molar-refractivity contribution in [2.45, 2.75) is 51.8 Å². The Bertz CT molecular complexity index is 759. The van der Waals surface area contributed by atoms with Crippen LogP contribution in [0.25, 0.3) is 4.85 Å². The first-order valence-corrected chi connectivity index (χ1v) is 7.95. The quantitative estimate of drug-likeness (QED) is 0.655. The van der Waals surface area contributed by atoms with Crippen LogP contribution in [0.3, 0.4) is 0 Å². The number of carbonyl (C=O) groups excluding carboxylic acids is 3. The van der Waals surface area contributed by atoms with Gasteiger partial charge in [-0.2, -0.15) is 0 Å². The van der Waals surface area contributed by atoms with Gasteiger partial charge in [-0.3, -0.25) is 14.4 Å². The van der Waals surface area contributed by atoms with Crippen LogP contribution in [0.2, 0.25) is 0 Å². The molecule has 2 amide bonds. The third kappa shape index (κ3) is 4.35. The molecule has 0 saturated heterocycles. The van der Waals surface area contributed by atoms with Crippen molar-refractivity contribution in [2.75, 3.05) is 0 Å². The molecular formula is C18H21N3O4. The molecule has 1 heterocycles. The van der Waals surface area contributed by atoms with Crippen molar-refractivity contribution in [1.29, 1.82) is 0 Å². The van der Waals surface area contributed by atoms with E-state index in [4.69, 9.17) is 17.0 Å². The summed E-state index contributed by atoms with van der Waals surface area (Å²) in [6.45, 7) is 12.5.